The number of benzene rings is 1. The fourth-order valence-corrected chi connectivity index (χ4v) is 2.63. The van der Waals surface area contributed by atoms with E-state index in [0.29, 0.717) is 11.8 Å². The van der Waals surface area contributed by atoms with Gasteiger partial charge in [0.2, 0.25) is 5.89 Å². The third kappa shape index (κ3) is 2.68. The first-order chi connectivity index (χ1) is 9.22. The van der Waals surface area contributed by atoms with E-state index in [1.54, 1.807) is 0 Å². The summed E-state index contributed by atoms with van der Waals surface area (Å²) in [5.41, 5.74) is 8.56. The second-order valence-corrected chi connectivity index (χ2v) is 5.44. The van der Waals surface area contributed by atoms with Crippen LogP contribution in [0.3, 0.4) is 0 Å². The highest BCUT2D eigenvalue weighted by molar-refractivity contribution is 5.34. The van der Waals surface area contributed by atoms with E-state index >= 15 is 0 Å². The Balaban J connectivity index is 1.68. The highest BCUT2D eigenvalue weighted by atomic mass is 16.5. The van der Waals surface area contributed by atoms with E-state index in [0.717, 1.165) is 31.5 Å². The van der Waals surface area contributed by atoms with Crippen molar-refractivity contribution in [1.29, 1.82) is 0 Å². The number of hydrogen-bond acceptors (Lipinski definition) is 4. The molecule has 1 aromatic heterocycles. The smallest absolute Gasteiger partial charge is 0.226 e. The zero-order chi connectivity index (χ0) is 13.2. The van der Waals surface area contributed by atoms with Gasteiger partial charge in [0.05, 0.1) is 0 Å². The normalized spacial score (nSPS) is 16.5. The molecule has 0 radical (unpaired) electrons. The largest absolute Gasteiger partial charge is 0.339 e. The van der Waals surface area contributed by atoms with Crippen molar-refractivity contribution in [2.24, 2.45) is 5.73 Å². The van der Waals surface area contributed by atoms with Crippen molar-refractivity contribution in [2.75, 3.05) is 0 Å². The quantitative estimate of drug-likeness (QED) is 0.912. The predicted octanol–water partition coefficient (Wildman–Crippen LogP) is 2.23. The molecule has 2 N–H and O–H groups in total. The van der Waals surface area contributed by atoms with Crippen LogP contribution >= 0.6 is 0 Å². The molecule has 3 rings (SSSR count). The maximum atomic E-state index is 5.74. The van der Waals surface area contributed by atoms with E-state index in [1.807, 2.05) is 6.92 Å². The minimum Gasteiger partial charge on any atom is -0.339 e. The summed E-state index contributed by atoms with van der Waals surface area (Å²) >= 11 is 0. The molecule has 100 valence electrons. The lowest BCUT2D eigenvalue weighted by molar-refractivity contribution is 0.364. The first kappa shape index (κ1) is 12.4. The summed E-state index contributed by atoms with van der Waals surface area (Å²) in [6, 6.07) is 8.72. The van der Waals surface area contributed by atoms with Crippen molar-refractivity contribution in [2.45, 2.75) is 44.6 Å². The number of fused-ring (bicyclic) bond motifs is 1. The van der Waals surface area contributed by atoms with Crippen molar-refractivity contribution < 1.29 is 4.52 Å². The van der Waals surface area contributed by atoms with Crippen LogP contribution in [-0.2, 0) is 19.3 Å². The molecule has 1 unspecified atom stereocenters. The Hall–Kier alpha value is -1.68. The minimum absolute atomic E-state index is 0.172. The highest BCUT2D eigenvalue weighted by Gasteiger charge is 2.26. The molecule has 0 amide bonds. The fourth-order valence-electron chi connectivity index (χ4n) is 2.63. The van der Waals surface area contributed by atoms with Crippen LogP contribution in [0, 0.1) is 0 Å². The van der Waals surface area contributed by atoms with Gasteiger partial charge in [-0.15, -0.1) is 0 Å². The van der Waals surface area contributed by atoms with Crippen LogP contribution in [0.4, 0.5) is 0 Å². The Morgan fingerprint density at radius 2 is 2.00 bits per heavy atom. The van der Waals surface area contributed by atoms with Crippen molar-refractivity contribution in [1.82, 2.24) is 10.1 Å². The van der Waals surface area contributed by atoms with Gasteiger partial charge in [0.1, 0.15) is 0 Å². The van der Waals surface area contributed by atoms with Gasteiger partial charge in [-0.2, -0.15) is 4.98 Å². The molecule has 0 saturated heterocycles. The monoisotopic (exact) mass is 257 g/mol. The molecule has 0 spiro atoms. The Labute approximate surface area is 113 Å². The Bertz CT molecular complexity index is 537. The summed E-state index contributed by atoms with van der Waals surface area (Å²) in [6.07, 6.45) is 3.68. The first-order valence-electron chi connectivity index (χ1n) is 6.87. The van der Waals surface area contributed by atoms with Crippen LogP contribution in [0.15, 0.2) is 28.8 Å². The zero-order valence-electron chi connectivity index (χ0n) is 11.2. The van der Waals surface area contributed by atoms with E-state index < -0.39 is 0 Å². The van der Waals surface area contributed by atoms with E-state index in [9.17, 15) is 0 Å². The Morgan fingerprint density at radius 1 is 1.32 bits per heavy atom. The van der Waals surface area contributed by atoms with E-state index in [1.165, 1.54) is 11.1 Å². The highest BCUT2D eigenvalue weighted by Crippen LogP contribution is 2.32. The van der Waals surface area contributed by atoms with Crippen molar-refractivity contribution in [3.63, 3.8) is 0 Å². The lowest BCUT2D eigenvalue weighted by Crippen LogP contribution is -2.15. The van der Waals surface area contributed by atoms with Crippen molar-refractivity contribution in [3.05, 3.63) is 47.1 Å². The van der Waals surface area contributed by atoms with Crippen LogP contribution < -0.4 is 5.73 Å². The maximum absolute atomic E-state index is 5.74. The Kier molecular flexibility index (Phi) is 3.34. The first-order valence-corrected chi connectivity index (χ1v) is 6.87. The molecular weight excluding hydrogens is 238 g/mol. The molecule has 0 aliphatic heterocycles. The minimum atomic E-state index is 0.172. The second-order valence-electron chi connectivity index (χ2n) is 5.44. The van der Waals surface area contributed by atoms with Gasteiger partial charge < -0.3 is 10.3 Å². The summed E-state index contributed by atoms with van der Waals surface area (Å²) in [7, 11) is 0. The third-order valence-electron chi connectivity index (χ3n) is 3.71. The maximum Gasteiger partial charge on any atom is 0.226 e. The van der Waals surface area contributed by atoms with Crippen LogP contribution in [0.1, 0.15) is 42.1 Å². The van der Waals surface area contributed by atoms with Crippen LogP contribution in [0.5, 0.6) is 0 Å². The molecule has 4 heteroatoms. The number of aromatic nitrogens is 2. The summed E-state index contributed by atoms with van der Waals surface area (Å²) in [5, 5.41) is 4.13. The number of hydrogen-bond donors (Lipinski definition) is 1. The van der Waals surface area contributed by atoms with Gasteiger partial charge in [-0.3, -0.25) is 0 Å². The summed E-state index contributed by atoms with van der Waals surface area (Å²) in [5.74, 6) is 1.92. The molecule has 1 atom stereocenters. The molecule has 0 fully saturated rings. The summed E-state index contributed by atoms with van der Waals surface area (Å²) < 4.78 is 5.31. The van der Waals surface area contributed by atoms with Crippen LogP contribution in [-0.4, -0.2) is 16.2 Å². The van der Waals surface area contributed by atoms with Gasteiger partial charge in [0.15, 0.2) is 5.82 Å². The van der Waals surface area contributed by atoms with Crippen molar-refractivity contribution in [3.8, 4) is 0 Å². The van der Waals surface area contributed by atoms with Gasteiger partial charge >= 0.3 is 0 Å². The molecule has 0 bridgehead atoms. The van der Waals surface area contributed by atoms with Gasteiger partial charge in [-0.25, -0.2) is 0 Å². The third-order valence-corrected chi connectivity index (χ3v) is 3.71. The molecule has 1 aromatic carbocycles. The van der Waals surface area contributed by atoms with Crippen LogP contribution in [0.2, 0.25) is 0 Å². The SMILES string of the molecule is CC(N)CCc1nc(C2Cc3ccccc3C2)no1. The number of rotatable bonds is 4. The molecule has 1 heterocycles. The fraction of sp³-hybridized carbons (Fsp3) is 0.467. The van der Waals surface area contributed by atoms with Crippen LogP contribution in [0.25, 0.3) is 0 Å². The molecule has 1 aliphatic rings. The lowest BCUT2D eigenvalue weighted by atomic mass is 10.1. The number of aryl methyl sites for hydroxylation is 1. The molecule has 4 nitrogen and oxygen atoms in total. The van der Waals surface area contributed by atoms with E-state index in [-0.39, 0.29) is 6.04 Å². The average molecular weight is 257 g/mol. The second kappa shape index (κ2) is 5.13. The van der Waals surface area contributed by atoms with Gasteiger partial charge in [-0.05, 0) is 37.3 Å². The predicted molar refractivity (Wildman–Crippen MR) is 72.9 cm³/mol. The molecule has 0 saturated carbocycles. The topological polar surface area (TPSA) is 64.9 Å². The van der Waals surface area contributed by atoms with E-state index in [4.69, 9.17) is 10.3 Å². The molecule has 1 aliphatic carbocycles. The zero-order valence-corrected chi connectivity index (χ0v) is 11.2. The number of nitrogens with zero attached hydrogens (tertiary/aromatic N) is 2. The Morgan fingerprint density at radius 3 is 2.63 bits per heavy atom. The molecule has 19 heavy (non-hydrogen) atoms. The summed E-state index contributed by atoms with van der Waals surface area (Å²) in [4.78, 5) is 4.51. The van der Waals surface area contributed by atoms with Gasteiger partial charge in [0.25, 0.3) is 0 Å². The molecular formula is C15H19N3O. The standard InChI is InChI=1S/C15H19N3O/c1-10(16)6-7-14-17-15(18-19-14)13-8-11-4-2-3-5-12(11)9-13/h2-5,10,13H,6-9,16H2,1H3. The average Bonchev–Trinajstić information content (AvgIpc) is 3.02. The van der Waals surface area contributed by atoms with Gasteiger partial charge in [0, 0.05) is 18.4 Å². The summed E-state index contributed by atoms with van der Waals surface area (Å²) in [6.45, 7) is 1.99. The number of nitrogens with two attached hydrogens (primary N) is 1. The lowest BCUT2D eigenvalue weighted by Gasteiger charge is -2.01. The molecule has 2 aromatic rings. The van der Waals surface area contributed by atoms with E-state index in [2.05, 4.69) is 34.4 Å². The van der Waals surface area contributed by atoms with Crippen molar-refractivity contribution >= 4 is 0 Å². The van der Waals surface area contributed by atoms with Gasteiger partial charge in [-0.1, -0.05) is 29.4 Å².